The van der Waals surface area contributed by atoms with Gasteiger partial charge < -0.3 is 4.74 Å². The molecule has 0 saturated heterocycles. The summed E-state index contributed by atoms with van der Waals surface area (Å²) in [7, 11) is 0. The predicted octanol–water partition coefficient (Wildman–Crippen LogP) is 6.29. The lowest BCUT2D eigenvalue weighted by molar-refractivity contribution is 0.0854. The summed E-state index contributed by atoms with van der Waals surface area (Å²) in [5, 5.41) is 0. The quantitative estimate of drug-likeness (QED) is 0.603. The standard InChI is InChI=1S/C23H27FO2/c1-23(2,3)19-8-10-20(11-9-19)26-22-12-7-18(14-21(22)24)17-6-4-5-16(13-17)15-25/h4-7,12-15,19-20H,8-11H2,1-3H3/t19-,20-. The van der Waals surface area contributed by atoms with E-state index < -0.39 is 0 Å². The Labute approximate surface area is 155 Å². The van der Waals surface area contributed by atoms with E-state index in [1.807, 2.05) is 12.1 Å². The Balaban J connectivity index is 1.68. The second-order valence-corrected chi connectivity index (χ2v) is 8.35. The van der Waals surface area contributed by atoms with Crippen LogP contribution in [0.5, 0.6) is 5.75 Å². The summed E-state index contributed by atoms with van der Waals surface area (Å²) in [6, 6.07) is 12.2. The maximum atomic E-state index is 14.5. The van der Waals surface area contributed by atoms with Crippen LogP contribution in [0.2, 0.25) is 0 Å². The molecule has 0 aromatic heterocycles. The maximum Gasteiger partial charge on any atom is 0.165 e. The van der Waals surface area contributed by atoms with Gasteiger partial charge in [0.2, 0.25) is 0 Å². The topological polar surface area (TPSA) is 26.3 Å². The van der Waals surface area contributed by atoms with Gasteiger partial charge >= 0.3 is 0 Å². The van der Waals surface area contributed by atoms with Gasteiger partial charge in [0.15, 0.2) is 11.6 Å². The summed E-state index contributed by atoms with van der Waals surface area (Å²) in [6.45, 7) is 6.87. The van der Waals surface area contributed by atoms with Crippen molar-refractivity contribution in [3.63, 3.8) is 0 Å². The minimum Gasteiger partial charge on any atom is -0.487 e. The van der Waals surface area contributed by atoms with Crippen molar-refractivity contribution < 1.29 is 13.9 Å². The van der Waals surface area contributed by atoms with Gasteiger partial charge in [-0.1, -0.05) is 45.0 Å². The van der Waals surface area contributed by atoms with Crippen LogP contribution in [-0.4, -0.2) is 12.4 Å². The molecule has 0 amide bonds. The van der Waals surface area contributed by atoms with Crippen molar-refractivity contribution in [3.05, 3.63) is 53.8 Å². The molecule has 0 unspecified atom stereocenters. The Morgan fingerprint density at radius 2 is 1.69 bits per heavy atom. The van der Waals surface area contributed by atoms with E-state index >= 15 is 0 Å². The molecule has 3 rings (SSSR count). The highest BCUT2D eigenvalue weighted by molar-refractivity contribution is 5.78. The average Bonchev–Trinajstić information content (AvgIpc) is 2.63. The van der Waals surface area contributed by atoms with Crippen molar-refractivity contribution in [2.45, 2.75) is 52.6 Å². The molecule has 2 aromatic rings. The molecule has 0 aliphatic heterocycles. The van der Waals surface area contributed by atoms with Crippen molar-refractivity contribution in [1.29, 1.82) is 0 Å². The lowest BCUT2D eigenvalue weighted by Gasteiger charge is -2.37. The Bertz CT molecular complexity index is 768. The van der Waals surface area contributed by atoms with E-state index in [0.29, 0.717) is 22.6 Å². The smallest absolute Gasteiger partial charge is 0.165 e. The van der Waals surface area contributed by atoms with Gasteiger partial charge in [-0.25, -0.2) is 4.39 Å². The molecule has 138 valence electrons. The van der Waals surface area contributed by atoms with Crippen LogP contribution in [-0.2, 0) is 0 Å². The fraction of sp³-hybridized carbons (Fsp3) is 0.435. The van der Waals surface area contributed by atoms with Gasteiger partial charge in [0, 0.05) is 5.56 Å². The molecule has 1 aliphatic carbocycles. The lowest BCUT2D eigenvalue weighted by Crippen LogP contribution is -2.30. The molecule has 0 radical (unpaired) electrons. The number of aldehydes is 1. The van der Waals surface area contributed by atoms with Gasteiger partial charge in [-0.2, -0.15) is 0 Å². The Hall–Kier alpha value is -2.16. The van der Waals surface area contributed by atoms with Gasteiger partial charge in [-0.3, -0.25) is 4.79 Å². The zero-order valence-corrected chi connectivity index (χ0v) is 15.8. The van der Waals surface area contributed by atoms with E-state index in [2.05, 4.69) is 20.8 Å². The first-order valence-corrected chi connectivity index (χ1v) is 9.38. The number of rotatable bonds is 4. The van der Waals surface area contributed by atoms with Gasteiger partial charge in [0.05, 0.1) is 6.10 Å². The monoisotopic (exact) mass is 354 g/mol. The van der Waals surface area contributed by atoms with Crippen LogP contribution in [0.25, 0.3) is 11.1 Å². The third-order valence-electron chi connectivity index (χ3n) is 5.48. The highest BCUT2D eigenvalue weighted by Gasteiger charge is 2.30. The average molecular weight is 354 g/mol. The van der Waals surface area contributed by atoms with Crippen LogP contribution in [0, 0.1) is 17.2 Å². The SMILES string of the molecule is CC(C)(C)[C@H]1CC[C@H](Oc2ccc(-c3cccc(C=O)c3)cc2F)CC1. The fourth-order valence-corrected chi connectivity index (χ4v) is 3.79. The Morgan fingerprint density at radius 3 is 2.31 bits per heavy atom. The summed E-state index contributed by atoms with van der Waals surface area (Å²) in [4.78, 5) is 10.9. The molecular formula is C23H27FO2. The van der Waals surface area contributed by atoms with E-state index in [4.69, 9.17) is 4.74 Å². The predicted molar refractivity (Wildman–Crippen MR) is 103 cm³/mol. The number of halogens is 1. The van der Waals surface area contributed by atoms with E-state index in [1.54, 1.807) is 24.3 Å². The van der Waals surface area contributed by atoms with Gasteiger partial charge in [-0.15, -0.1) is 0 Å². The minimum atomic E-state index is -0.350. The van der Waals surface area contributed by atoms with Crippen LogP contribution in [0.1, 0.15) is 56.8 Å². The summed E-state index contributed by atoms with van der Waals surface area (Å²) >= 11 is 0. The van der Waals surface area contributed by atoms with Gasteiger partial charge in [-0.05, 0) is 66.3 Å². The third-order valence-corrected chi connectivity index (χ3v) is 5.48. The summed E-state index contributed by atoms with van der Waals surface area (Å²) in [5.41, 5.74) is 2.48. The number of hydrogen-bond acceptors (Lipinski definition) is 2. The molecule has 0 heterocycles. The van der Waals surface area contributed by atoms with E-state index in [0.717, 1.165) is 43.1 Å². The Kier molecular flexibility index (Phi) is 5.45. The zero-order valence-electron chi connectivity index (χ0n) is 15.8. The first-order valence-electron chi connectivity index (χ1n) is 9.38. The van der Waals surface area contributed by atoms with E-state index in [1.165, 1.54) is 6.07 Å². The Morgan fingerprint density at radius 1 is 1.00 bits per heavy atom. The molecule has 0 N–H and O–H groups in total. The number of carbonyl (C=O) groups is 1. The number of carbonyl (C=O) groups excluding carboxylic acids is 1. The second kappa shape index (κ2) is 7.61. The van der Waals surface area contributed by atoms with Crippen molar-refractivity contribution in [1.82, 2.24) is 0 Å². The largest absolute Gasteiger partial charge is 0.487 e. The van der Waals surface area contributed by atoms with Gasteiger partial charge in [0.1, 0.15) is 6.29 Å². The number of ether oxygens (including phenoxy) is 1. The highest BCUT2D eigenvalue weighted by atomic mass is 19.1. The summed E-state index contributed by atoms with van der Waals surface area (Å²) in [6.07, 6.45) is 5.10. The van der Waals surface area contributed by atoms with Crippen LogP contribution >= 0.6 is 0 Å². The number of hydrogen-bond donors (Lipinski definition) is 0. The summed E-state index contributed by atoms with van der Waals surface area (Å²) < 4.78 is 20.5. The fourth-order valence-electron chi connectivity index (χ4n) is 3.79. The van der Waals surface area contributed by atoms with Crippen LogP contribution in [0.15, 0.2) is 42.5 Å². The molecule has 1 aliphatic rings. The lowest BCUT2D eigenvalue weighted by atomic mass is 9.72. The molecule has 2 aromatic carbocycles. The summed E-state index contributed by atoms with van der Waals surface area (Å²) in [5.74, 6) is 0.677. The minimum absolute atomic E-state index is 0.0901. The van der Waals surface area contributed by atoms with Crippen molar-refractivity contribution in [3.8, 4) is 16.9 Å². The van der Waals surface area contributed by atoms with Gasteiger partial charge in [0.25, 0.3) is 0 Å². The molecule has 1 fully saturated rings. The maximum absolute atomic E-state index is 14.5. The molecular weight excluding hydrogens is 327 g/mol. The molecule has 1 saturated carbocycles. The molecule has 0 spiro atoms. The van der Waals surface area contributed by atoms with Crippen molar-refractivity contribution in [2.24, 2.45) is 11.3 Å². The van der Waals surface area contributed by atoms with Crippen molar-refractivity contribution >= 4 is 6.29 Å². The van der Waals surface area contributed by atoms with Crippen LogP contribution in [0.4, 0.5) is 4.39 Å². The third kappa shape index (κ3) is 4.32. The molecule has 0 bridgehead atoms. The molecule has 26 heavy (non-hydrogen) atoms. The highest BCUT2D eigenvalue weighted by Crippen LogP contribution is 2.39. The van der Waals surface area contributed by atoms with E-state index in [-0.39, 0.29) is 11.9 Å². The zero-order chi connectivity index (χ0) is 18.7. The molecule has 2 nitrogen and oxygen atoms in total. The van der Waals surface area contributed by atoms with Crippen molar-refractivity contribution in [2.75, 3.05) is 0 Å². The molecule has 0 atom stereocenters. The first kappa shape index (κ1) is 18.6. The first-order chi connectivity index (χ1) is 12.4. The van der Waals surface area contributed by atoms with Crippen LogP contribution in [0.3, 0.4) is 0 Å². The van der Waals surface area contributed by atoms with Crippen LogP contribution < -0.4 is 4.74 Å². The number of benzene rings is 2. The molecule has 3 heteroatoms. The van der Waals surface area contributed by atoms with E-state index in [9.17, 15) is 9.18 Å². The second-order valence-electron chi connectivity index (χ2n) is 8.35. The normalized spacial score (nSPS) is 20.6.